The number of hydrogen-bond acceptors (Lipinski definition) is 3. The Labute approximate surface area is 112 Å². The third-order valence-electron chi connectivity index (χ3n) is 2.89. The predicted molar refractivity (Wildman–Crippen MR) is 76.3 cm³/mol. The maximum Gasteiger partial charge on any atom is 0.0934 e. The minimum Gasteiger partial charge on any atom is -0.383 e. The van der Waals surface area contributed by atoms with Crippen LogP contribution in [-0.2, 0) is 4.74 Å². The molecule has 2 aromatic rings. The number of ether oxygens (including phenoxy) is 1. The number of aromatic nitrogens is 1. The molecule has 4 heteroatoms. The van der Waals surface area contributed by atoms with E-state index < -0.39 is 0 Å². The molecule has 0 saturated heterocycles. The van der Waals surface area contributed by atoms with E-state index in [1.54, 1.807) is 13.3 Å². The van der Waals surface area contributed by atoms with Crippen LogP contribution >= 0.6 is 11.6 Å². The Morgan fingerprint density at radius 3 is 3.00 bits per heavy atom. The zero-order valence-electron chi connectivity index (χ0n) is 10.6. The Bertz CT molecular complexity index is 530. The number of methoxy groups -OCH3 is 1. The lowest BCUT2D eigenvalue weighted by Crippen LogP contribution is -2.24. The number of fused-ring (bicyclic) bond motifs is 1. The first-order valence-corrected chi connectivity index (χ1v) is 6.42. The standard InChI is InChI=1S/C14H17ClN2O/c1-3-12(9-18-2)17-13-8-11(15)7-10-5-4-6-16-14(10)13/h4-8,12,17H,3,9H2,1-2H3. The molecule has 0 aliphatic heterocycles. The fourth-order valence-electron chi connectivity index (χ4n) is 1.95. The first-order chi connectivity index (χ1) is 8.74. The summed E-state index contributed by atoms with van der Waals surface area (Å²) in [5, 5.41) is 5.20. The molecule has 0 fully saturated rings. The number of nitrogens with one attached hydrogen (secondary N) is 1. The van der Waals surface area contributed by atoms with Crippen molar-refractivity contribution in [3.05, 3.63) is 35.5 Å². The highest BCUT2D eigenvalue weighted by Crippen LogP contribution is 2.27. The molecule has 96 valence electrons. The van der Waals surface area contributed by atoms with E-state index >= 15 is 0 Å². The van der Waals surface area contributed by atoms with Gasteiger partial charge in [0.25, 0.3) is 0 Å². The van der Waals surface area contributed by atoms with Crippen LogP contribution < -0.4 is 5.32 Å². The highest BCUT2D eigenvalue weighted by Gasteiger charge is 2.09. The van der Waals surface area contributed by atoms with E-state index in [1.165, 1.54) is 0 Å². The van der Waals surface area contributed by atoms with Crippen molar-refractivity contribution in [1.82, 2.24) is 4.98 Å². The number of benzene rings is 1. The van der Waals surface area contributed by atoms with Gasteiger partial charge in [-0.2, -0.15) is 0 Å². The van der Waals surface area contributed by atoms with Crippen LogP contribution in [0.15, 0.2) is 30.5 Å². The Balaban J connectivity index is 2.37. The summed E-state index contributed by atoms with van der Waals surface area (Å²) in [6, 6.07) is 8.02. The van der Waals surface area contributed by atoms with E-state index in [2.05, 4.69) is 17.2 Å². The number of pyridine rings is 1. The Hall–Kier alpha value is -1.32. The van der Waals surface area contributed by atoms with Crippen molar-refractivity contribution in [2.24, 2.45) is 0 Å². The van der Waals surface area contributed by atoms with Crippen LogP contribution in [-0.4, -0.2) is 24.7 Å². The third kappa shape index (κ3) is 2.92. The lowest BCUT2D eigenvalue weighted by molar-refractivity contribution is 0.184. The first kappa shape index (κ1) is 13.1. The van der Waals surface area contributed by atoms with Gasteiger partial charge in [0.15, 0.2) is 0 Å². The van der Waals surface area contributed by atoms with Gasteiger partial charge in [0.2, 0.25) is 0 Å². The predicted octanol–water partition coefficient (Wildman–Crippen LogP) is 3.73. The molecule has 0 spiro atoms. The molecule has 2 rings (SSSR count). The van der Waals surface area contributed by atoms with Gasteiger partial charge in [-0.3, -0.25) is 4.98 Å². The second-order valence-electron chi connectivity index (χ2n) is 4.23. The average molecular weight is 265 g/mol. The van der Waals surface area contributed by atoms with Crippen LogP contribution in [0.4, 0.5) is 5.69 Å². The van der Waals surface area contributed by atoms with Crippen LogP contribution in [0.3, 0.4) is 0 Å². The minimum absolute atomic E-state index is 0.263. The molecule has 1 atom stereocenters. The monoisotopic (exact) mass is 264 g/mol. The summed E-state index contributed by atoms with van der Waals surface area (Å²) in [4.78, 5) is 4.41. The SMILES string of the molecule is CCC(COC)Nc1cc(Cl)cc2cccnc12. The van der Waals surface area contributed by atoms with E-state index in [9.17, 15) is 0 Å². The quantitative estimate of drug-likeness (QED) is 0.894. The fourth-order valence-corrected chi connectivity index (χ4v) is 2.18. The van der Waals surface area contributed by atoms with Gasteiger partial charge in [-0.05, 0) is 24.6 Å². The molecule has 1 N–H and O–H groups in total. The minimum atomic E-state index is 0.263. The van der Waals surface area contributed by atoms with Crippen LogP contribution in [0.25, 0.3) is 10.9 Å². The van der Waals surface area contributed by atoms with Gasteiger partial charge in [0, 0.05) is 29.8 Å². The van der Waals surface area contributed by atoms with Crippen molar-refractivity contribution in [2.75, 3.05) is 19.0 Å². The van der Waals surface area contributed by atoms with E-state index in [1.807, 2.05) is 24.3 Å². The third-order valence-corrected chi connectivity index (χ3v) is 3.11. The molecular formula is C14H17ClN2O. The van der Waals surface area contributed by atoms with Gasteiger partial charge in [0.05, 0.1) is 17.8 Å². The van der Waals surface area contributed by atoms with Gasteiger partial charge in [0.1, 0.15) is 0 Å². The van der Waals surface area contributed by atoms with Crippen LogP contribution in [0.2, 0.25) is 5.02 Å². The summed E-state index contributed by atoms with van der Waals surface area (Å²) >= 11 is 6.13. The van der Waals surface area contributed by atoms with Crippen molar-refractivity contribution in [3.63, 3.8) is 0 Å². The van der Waals surface area contributed by atoms with Gasteiger partial charge >= 0.3 is 0 Å². The summed E-state index contributed by atoms with van der Waals surface area (Å²) < 4.78 is 5.19. The maximum atomic E-state index is 6.13. The van der Waals surface area contributed by atoms with E-state index in [0.29, 0.717) is 11.6 Å². The average Bonchev–Trinajstić information content (AvgIpc) is 2.38. The van der Waals surface area contributed by atoms with Crippen molar-refractivity contribution in [2.45, 2.75) is 19.4 Å². The summed E-state index contributed by atoms with van der Waals surface area (Å²) in [5.74, 6) is 0. The molecule has 3 nitrogen and oxygen atoms in total. The number of nitrogens with zero attached hydrogens (tertiary/aromatic N) is 1. The van der Waals surface area contributed by atoms with Crippen LogP contribution in [0.1, 0.15) is 13.3 Å². The Morgan fingerprint density at radius 2 is 2.28 bits per heavy atom. The molecule has 1 aromatic heterocycles. The van der Waals surface area contributed by atoms with Crippen molar-refractivity contribution < 1.29 is 4.74 Å². The highest BCUT2D eigenvalue weighted by atomic mass is 35.5. The smallest absolute Gasteiger partial charge is 0.0934 e. The number of anilines is 1. The van der Waals surface area contributed by atoms with Gasteiger partial charge in [-0.15, -0.1) is 0 Å². The lowest BCUT2D eigenvalue weighted by atomic mass is 10.1. The summed E-state index contributed by atoms with van der Waals surface area (Å²) in [6.07, 6.45) is 2.77. The number of rotatable bonds is 5. The van der Waals surface area contributed by atoms with Crippen LogP contribution in [0, 0.1) is 0 Å². The molecule has 0 bridgehead atoms. The zero-order valence-corrected chi connectivity index (χ0v) is 11.4. The summed E-state index contributed by atoms with van der Waals surface area (Å²) in [7, 11) is 1.71. The largest absolute Gasteiger partial charge is 0.383 e. The molecule has 1 unspecified atom stereocenters. The number of hydrogen-bond donors (Lipinski definition) is 1. The van der Waals surface area contributed by atoms with Crippen molar-refractivity contribution in [1.29, 1.82) is 0 Å². The Morgan fingerprint density at radius 1 is 1.44 bits per heavy atom. The second-order valence-corrected chi connectivity index (χ2v) is 4.67. The van der Waals surface area contributed by atoms with Gasteiger partial charge in [-0.25, -0.2) is 0 Å². The molecule has 0 aliphatic carbocycles. The van der Waals surface area contributed by atoms with Crippen molar-refractivity contribution in [3.8, 4) is 0 Å². The molecule has 1 heterocycles. The molecule has 0 saturated carbocycles. The second kappa shape index (κ2) is 6.03. The van der Waals surface area contributed by atoms with E-state index in [0.717, 1.165) is 23.0 Å². The molecule has 0 aliphatic rings. The molecule has 0 amide bonds. The molecule has 1 aromatic carbocycles. The fraction of sp³-hybridized carbons (Fsp3) is 0.357. The maximum absolute atomic E-state index is 6.13. The summed E-state index contributed by atoms with van der Waals surface area (Å²) in [5.41, 5.74) is 1.90. The van der Waals surface area contributed by atoms with Crippen LogP contribution in [0.5, 0.6) is 0 Å². The normalized spacial score (nSPS) is 12.6. The van der Waals surface area contributed by atoms with Gasteiger partial charge in [-0.1, -0.05) is 24.6 Å². The molecular weight excluding hydrogens is 248 g/mol. The topological polar surface area (TPSA) is 34.1 Å². The van der Waals surface area contributed by atoms with Gasteiger partial charge < -0.3 is 10.1 Å². The molecule has 18 heavy (non-hydrogen) atoms. The lowest BCUT2D eigenvalue weighted by Gasteiger charge is -2.18. The summed E-state index contributed by atoms with van der Waals surface area (Å²) in [6.45, 7) is 2.79. The molecule has 0 radical (unpaired) electrons. The zero-order chi connectivity index (χ0) is 13.0. The Kier molecular flexibility index (Phi) is 4.39. The highest BCUT2D eigenvalue weighted by molar-refractivity contribution is 6.31. The van der Waals surface area contributed by atoms with E-state index in [-0.39, 0.29) is 6.04 Å². The number of halogens is 1. The van der Waals surface area contributed by atoms with E-state index in [4.69, 9.17) is 16.3 Å². The first-order valence-electron chi connectivity index (χ1n) is 6.04. The van der Waals surface area contributed by atoms with Crippen molar-refractivity contribution >= 4 is 28.2 Å².